The van der Waals surface area contributed by atoms with Crippen molar-refractivity contribution in [1.29, 1.82) is 0 Å². The molecule has 162 valence electrons. The number of amides is 2. The average Bonchev–Trinajstić information content (AvgIpc) is 3.11. The number of fused-ring (bicyclic) bond motifs is 1. The van der Waals surface area contributed by atoms with Crippen molar-refractivity contribution in [2.75, 3.05) is 26.2 Å². The van der Waals surface area contributed by atoms with E-state index in [1.165, 1.54) is 0 Å². The maximum Gasteiger partial charge on any atom is 0.410 e. The number of nitrogens with zero attached hydrogens (tertiary/aromatic N) is 3. The van der Waals surface area contributed by atoms with Gasteiger partial charge in [-0.25, -0.2) is 4.79 Å². The van der Waals surface area contributed by atoms with E-state index in [9.17, 15) is 9.59 Å². The van der Waals surface area contributed by atoms with Crippen LogP contribution in [-0.4, -0.2) is 58.1 Å². The molecule has 6 heteroatoms. The third-order valence-electron chi connectivity index (χ3n) is 5.43. The van der Waals surface area contributed by atoms with Gasteiger partial charge >= 0.3 is 6.09 Å². The Labute approximate surface area is 183 Å². The number of hydrogen-bond donors (Lipinski definition) is 0. The predicted octanol–water partition coefficient (Wildman–Crippen LogP) is 4.38. The number of para-hydroxylation sites is 1. The second-order valence-electron chi connectivity index (χ2n) is 8.92. The zero-order valence-corrected chi connectivity index (χ0v) is 18.4. The Kier molecular flexibility index (Phi) is 5.72. The topological polar surface area (TPSA) is 54.8 Å². The van der Waals surface area contributed by atoms with Gasteiger partial charge in [-0.15, -0.1) is 0 Å². The molecule has 1 aromatic heterocycles. The summed E-state index contributed by atoms with van der Waals surface area (Å²) in [6.07, 6.45) is -0.321. The summed E-state index contributed by atoms with van der Waals surface area (Å²) in [7, 11) is 0. The minimum absolute atomic E-state index is 0.00373. The van der Waals surface area contributed by atoms with Gasteiger partial charge in [0, 0.05) is 43.6 Å². The fraction of sp³-hybridized carbons (Fsp3) is 0.360. The molecule has 2 heterocycles. The Morgan fingerprint density at radius 2 is 1.48 bits per heavy atom. The SMILES string of the molecule is CC(C)(C)OC(=O)N1CCN(C(=O)c2cc3ccccc3n2Cc2ccccc2)CC1. The summed E-state index contributed by atoms with van der Waals surface area (Å²) >= 11 is 0. The van der Waals surface area contributed by atoms with Gasteiger partial charge in [-0.2, -0.15) is 0 Å². The van der Waals surface area contributed by atoms with Crippen LogP contribution in [0.2, 0.25) is 0 Å². The summed E-state index contributed by atoms with van der Waals surface area (Å²) in [5, 5.41) is 1.05. The standard InChI is InChI=1S/C25H29N3O3/c1-25(2,3)31-24(30)27-15-13-26(14-16-27)23(29)22-17-20-11-7-8-12-21(20)28(22)18-19-9-5-4-6-10-19/h4-12,17H,13-16,18H2,1-3H3. The van der Waals surface area contributed by atoms with E-state index < -0.39 is 5.60 Å². The smallest absolute Gasteiger partial charge is 0.410 e. The first-order valence-corrected chi connectivity index (χ1v) is 10.7. The normalized spacial score (nSPS) is 14.7. The predicted molar refractivity (Wildman–Crippen MR) is 121 cm³/mol. The van der Waals surface area contributed by atoms with Crippen molar-refractivity contribution in [1.82, 2.24) is 14.4 Å². The Hall–Kier alpha value is -3.28. The number of hydrogen-bond acceptors (Lipinski definition) is 3. The van der Waals surface area contributed by atoms with Gasteiger partial charge in [-0.3, -0.25) is 4.79 Å². The molecule has 0 bridgehead atoms. The van der Waals surface area contributed by atoms with E-state index in [1.807, 2.05) is 68.1 Å². The highest BCUT2D eigenvalue weighted by Crippen LogP contribution is 2.23. The highest BCUT2D eigenvalue weighted by Gasteiger charge is 2.29. The van der Waals surface area contributed by atoms with Crippen LogP contribution in [0.3, 0.4) is 0 Å². The lowest BCUT2D eigenvalue weighted by atomic mass is 10.2. The minimum Gasteiger partial charge on any atom is -0.444 e. The van der Waals surface area contributed by atoms with Crippen molar-refractivity contribution in [3.8, 4) is 0 Å². The van der Waals surface area contributed by atoms with E-state index in [2.05, 4.69) is 22.8 Å². The molecule has 2 aromatic carbocycles. The number of piperazine rings is 1. The van der Waals surface area contributed by atoms with Gasteiger partial charge < -0.3 is 19.1 Å². The summed E-state index contributed by atoms with van der Waals surface area (Å²) < 4.78 is 7.55. The van der Waals surface area contributed by atoms with Crippen LogP contribution >= 0.6 is 0 Å². The zero-order chi connectivity index (χ0) is 22.0. The third kappa shape index (κ3) is 4.74. The lowest BCUT2D eigenvalue weighted by Crippen LogP contribution is -2.51. The Balaban J connectivity index is 1.53. The van der Waals surface area contributed by atoms with Gasteiger partial charge in [0.05, 0.1) is 0 Å². The van der Waals surface area contributed by atoms with Crippen LogP contribution in [0.4, 0.5) is 4.79 Å². The zero-order valence-electron chi connectivity index (χ0n) is 18.4. The Morgan fingerprint density at radius 3 is 2.16 bits per heavy atom. The van der Waals surface area contributed by atoms with E-state index in [0.717, 1.165) is 16.5 Å². The largest absolute Gasteiger partial charge is 0.444 e. The molecule has 4 rings (SSSR count). The molecule has 0 saturated carbocycles. The van der Waals surface area contributed by atoms with Gasteiger partial charge in [-0.05, 0) is 38.5 Å². The van der Waals surface area contributed by atoms with Crippen molar-refractivity contribution < 1.29 is 14.3 Å². The lowest BCUT2D eigenvalue weighted by molar-refractivity contribution is 0.0139. The summed E-state index contributed by atoms with van der Waals surface area (Å²) in [6.45, 7) is 8.13. The summed E-state index contributed by atoms with van der Waals surface area (Å²) in [5.41, 5.74) is 2.34. The fourth-order valence-electron chi connectivity index (χ4n) is 3.90. The van der Waals surface area contributed by atoms with E-state index >= 15 is 0 Å². The van der Waals surface area contributed by atoms with Crippen molar-refractivity contribution in [2.24, 2.45) is 0 Å². The molecule has 6 nitrogen and oxygen atoms in total. The molecule has 1 aliphatic heterocycles. The van der Waals surface area contributed by atoms with Crippen LogP contribution in [0.5, 0.6) is 0 Å². The summed E-state index contributed by atoms with van der Waals surface area (Å²) in [5.74, 6) is -0.00373. The van der Waals surface area contributed by atoms with Gasteiger partial charge in [0.2, 0.25) is 0 Å². The number of aromatic nitrogens is 1. The molecule has 1 fully saturated rings. The second-order valence-corrected chi connectivity index (χ2v) is 8.92. The number of ether oxygens (including phenoxy) is 1. The van der Waals surface area contributed by atoms with Crippen molar-refractivity contribution in [3.63, 3.8) is 0 Å². The molecule has 2 amide bonds. The molecule has 0 atom stereocenters. The number of benzene rings is 2. The van der Waals surface area contributed by atoms with E-state index in [4.69, 9.17) is 4.74 Å². The maximum absolute atomic E-state index is 13.5. The summed E-state index contributed by atoms with van der Waals surface area (Å²) in [4.78, 5) is 29.3. The van der Waals surface area contributed by atoms with Crippen LogP contribution < -0.4 is 0 Å². The average molecular weight is 420 g/mol. The van der Waals surface area contributed by atoms with Crippen molar-refractivity contribution in [2.45, 2.75) is 32.9 Å². The highest BCUT2D eigenvalue weighted by molar-refractivity contribution is 5.99. The van der Waals surface area contributed by atoms with E-state index in [-0.39, 0.29) is 12.0 Å². The molecular weight excluding hydrogens is 390 g/mol. The quantitative estimate of drug-likeness (QED) is 0.633. The van der Waals surface area contributed by atoms with Gasteiger partial charge in [0.25, 0.3) is 5.91 Å². The Morgan fingerprint density at radius 1 is 0.871 bits per heavy atom. The molecule has 0 radical (unpaired) electrons. The molecule has 31 heavy (non-hydrogen) atoms. The van der Waals surface area contributed by atoms with Crippen molar-refractivity contribution in [3.05, 3.63) is 71.9 Å². The number of carbonyl (C=O) groups is 2. The van der Waals surface area contributed by atoms with Gasteiger partial charge in [0.1, 0.15) is 11.3 Å². The maximum atomic E-state index is 13.5. The van der Waals surface area contributed by atoms with Crippen LogP contribution in [0, 0.1) is 0 Å². The number of rotatable bonds is 3. The minimum atomic E-state index is -0.525. The van der Waals surface area contributed by atoms with Crippen LogP contribution in [0.15, 0.2) is 60.7 Å². The van der Waals surface area contributed by atoms with Gasteiger partial charge in [-0.1, -0.05) is 48.5 Å². The van der Waals surface area contributed by atoms with Gasteiger partial charge in [0.15, 0.2) is 0 Å². The first-order valence-electron chi connectivity index (χ1n) is 10.7. The van der Waals surface area contributed by atoms with E-state index in [1.54, 1.807) is 4.90 Å². The van der Waals surface area contributed by atoms with Crippen LogP contribution in [0.1, 0.15) is 36.8 Å². The molecule has 1 aliphatic rings. The second kappa shape index (κ2) is 8.46. The highest BCUT2D eigenvalue weighted by atomic mass is 16.6. The first-order chi connectivity index (χ1) is 14.8. The Bertz CT molecular complexity index is 1070. The molecular formula is C25H29N3O3. The lowest BCUT2D eigenvalue weighted by Gasteiger charge is -2.35. The summed E-state index contributed by atoms with van der Waals surface area (Å²) in [6, 6.07) is 20.2. The number of carbonyl (C=O) groups excluding carboxylic acids is 2. The molecule has 1 saturated heterocycles. The molecule has 0 N–H and O–H groups in total. The van der Waals surface area contributed by atoms with Crippen LogP contribution in [-0.2, 0) is 11.3 Å². The first kappa shape index (κ1) is 21.0. The van der Waals surface area contributed by atoms with Crippen molar-refractivity contribution >= 4 is 22.9 Å². The fourth-order valence-corrected chi connectivity index (χ4v) is 3.90. The monoisotopic (exact) mass is 419 g/mol. The third-order valence-corrected chi connectivity index (χ3v) is 5.43. The molecule has 0 spiro atoms. The van der Waals surface area contributed by atoms with E-state index in [0.29, 0.717) is 38.4 Å². The molecule has 0 aliphatic carbocycles. The van der Waals surface area contributed by atoms with Crippen LogP contribution in [0.25, 0.3) is 10.9 Å². The molecule has 3 aromatic rings. The molecule has 0 unspecified atom stereocenters.